The molecule has 1 aliphatic carbocycles. The summed E-state index contributed by atoms with van der Waals surface area (Å²) in [5.74, 6) is -1.91. The highest BCUT2D eigenvalue weighted by atomic mass is 35.5. The summed E-state index contributed by atoms with van der Waals surface area (Å²) in [6.07, 6.45) is -1.67. The fourth-order valence-electron chi connectivity index (χ4n) is 4.27. The molecular weight excluding hydrogens is 605 g/mol. The van der Waals surface area contributed by atoms with Crippen molar-refractivity contribution in [1.29, 1.82) is 5.41 Å². The average molecular weight is 635 g/mol. The second-order valence-corrected chi connectivity index (χ2v) is 10.7. The minimum absolute atomic E-state index is 0.00821. The average Bonchev–Trinajstić information content (AvgIpc) is 3.73. The molecule has 4 rings (SSSR count). The summed E-state index contributed by atoms with van der Waals surface area (Å²) in [6.45, 7) is -1.60. The highest BCUT2D eigenvalue weighted by molar-refractivity contribution is 6.30. The summed E-state index contributed by atoms with van der Waals surface area (Å²) in [5, 5.41) is 25.8. The van der Waals surface area contributed by atoms with Gasteiger partial charge in [0.15, 0.2) is 6.61 Å². The minimum Gasteiger partial charge on any atom is -0.480 e. The monoisotopic (exact) mass is 634 g/mol. The molecule has 1 aliphatic rings. The third kappa shape index (κ3) is 9.42. The van der Waals surface area contributed by atoms with E-state index >= 15 is 0 Å². The third-order valence-electron chi connectivity index (χ3n) is 6.67. The van der Waals surface area contributed by atoms with Crippen LogP contribution in [0.2, 0.25) is 5.02 Å². The molecule has 0 unspecified atom stereocenters. The van der Waals surface area contributed by atoms with E-state index < -0.39 is 42.3 Å². The van der Waals surface area contributed by atoms with Gasteiger partial charge in [0.25, 0.3) is 5.91 Å². The Balaban J connectivity index is 1.46. The molecule has 1 saturated carbocycles. The maximum Gasteiger partial charge on any atom is 0.422 e. The van der Waals surface area contributed by atoms with Gasteiger partial charge in [-0.25, -0.2) is 4.79 Å². The van der Waals surface area contributed by atoms with Gasteiger partial charge in [0.05, 0.1) is 11.4 Å². The second kappa shape index (κ2) is 13.8. The Kier molecular flexibility index (Phi) is 10.1. The van der Waals surface area contributed by atoms with Crippen LogP contribution in [0.3, 0.4) is 0 Å². The Bertz CT molecular complexity index is 1490. The van der Waals surface area contributed by atoms with Crippen molar-refractivity contribution in [3.05, 3.63) is 64.7 Å². The Morgan fingerprint density at radius 1 is 1.05 bits per heavy atom. The number of carbonyl (C=O) groups excluding carboxylic acids is 1. The zero-order valence-electron chi connectivity index (χ0n) is 23.2. The summed E-state index contributed by atoms with van der Waals surface area (Å²) in [7, 11) is 0. The number of amidine groups is 1. The van der Waals surface area contributed by atoms with E-state index in [9.17, 15) is 27.9 Å². The molecule has 0 saturated heterocycles. The van der Waals surface area contributed by atoms with Crippen molar-refractivity contribution in [2.75, 3.05) is 17.2 Å². The molecule has 0 radical (unpaired) electrons. The molecule has 2 aromatic carbocycles. The number of anilines is 3. The Labute approximate surface area is 255 Å². The molecular formula is C28H30ClF3N8O4. The molecule has 1 aromatic heterocycles. The molecule has 44 heavy (non-hydrogen) atoms. The summed E-state index contributed by atoms with van der Waals surface area (Å²) < 4.78 is 43.3. The first-order valence-corrected chi connectivity index (χ1v) is 13.9. The van der Waals surface area contributed by atoms with Crippen LogP contribution in [0.15, 0.2) is 48.5 Å². The van der Waals surface area contributed by atoms with Gasteiger partial charge in [-0.2, -0.15) is 28.1 Å². The number of carbonyl (C=O) groups is 2. The first kappa shape index (κ1) is 32.3. The zero-order valence-corrected chi connectivity index (χ0v) is 24.0. The molecule has 1 heterocycles. The predicted molar refractivity (Wildman–Crippen MR) is 156 cm³/mol. The van der Waals surface area contributed by atoms with E-state index in [4.69, 9.17) is 27.5 Å². The van der Waals surface area contributed by atoms with Crippen molar-refractivity contribution >= 4 is 46.9 Å². The van der Waals surface area contributed by atoms with Crippen LogP contribution in [-0.4, -0.2) is 56.6 Å². The lowest BCUT2D eigenvalue weighted by atomic mass is 10.1. The van der Waals surface area contributed by atoms with E-state index in [1.807, 2.05) is 12.1 Å². The number of aliphatic carboxylic acids is 1. The Morgan fingerprint density at radius 2 is 1.70 bits per heavy atom. The van der Waals surface area contributed by atoms with Crippen molar-refractivity contribution in [1.82, 2.24) is 20.3 Å². The van der Waals surface area contributed by atoms with Crippen LogP contribution in [-0.2, 0) is 10.3 Å². The smallest absolute Gasteiger partial charge is 0.422 e. The number of nitrogens with zero attached hydrogens (tertiary/aromatic N) is 3. The Morgan fingerprint density at radius 3 is 2.30 bits per heavy atom. The van der Waals surface area contributed by atoms with Gasteiger partial charge in [-0.05, 0) is 67.6 Å². The number of amides is 1. The first-order valence-electron chi connectivity index (χ1n) is 13.6. The van der Waals surface area contributed by atoms with Crippen LogP contribution in [0, 0.1) is 5.41 Å². The van der Waals surface area contributed by atoms with E-state index in [1.165, 1.54) is 24.3 Å². The van der Waals surface area contributed by atoms with Gasteiger partial charge in [-0.1, -0.05) is 30.2 Å². The SMILES string of the molecule is N=C(N)CCCC[C@@H](NC(=O)c1ccc(Nc2nc(NC3(c4ccc(Cl)cc4)CC3)nc(OCC(F)(F)F)n2)cc1)C(=O)O. The molecule has 16 heteroatoms. The summed E-state index contributed by atoms with van der Waals surface area (Å²) in [5.41, 5.74) is 6.25. The molecule has 12 nitrogen and oxygen atoms in total. The number of aromatic nitrogens is 3. The molecule has 3 aromatic rings. The maximum atomic E-state index is 12.8. The molecule has 0 spiro atoms. The highest BCUT2D eigenvalue weighted by Gasteiger charge is 2.45. The molecule has 0 bridgehead atoms. The van der Waals surface area contributed by atoms with Crippen molar-refractivity contribution < 1.29 is 32.6 Å². The van der Waals surface area contributed by atoms with E-state index in [0.29, 0.717) is 30.0 Å². The quantitative estimate of drug-likeness (QED) is 0.0755. The van der Waals surface area contributed by atoms with Crippen LogP contribution in [0.5, 0.6) is 6.01 Å². The summed E-state index contributed by atoms with van der Waals surface area (Å²) in [6, 6.07) is 11.4. The molecule has 1 amide bonds. The molecule has 1 atom stereocenters. The predicted octanol–water partition coefficient (Wildman–Crippen LogP) is 4.99. The van der Waals surface area contributed by atoms with Crippen LogP contribution < -0.4 is 26.4 Å². The van der Waals surface area contributed by atoms with E-state index in [2.05, 4.69) is 30.9 Å². The van der Waals surface area contributed by atoms with Crippen molar-refractivity contribution in [2.24, 2.45) is 5.73 Å². The number of ether oxygens (including phenoxy) is 1. The van der Waals surface area contributed by atoms with Gasteiger partial charge in [-0.15, -0.1) is 0 Å². The zero-order chi connectivity index (χ0) is 31.9. The number of carboxylic acid groups (broad SMARTS) is 1. The minimum atomic E-state index is -4.61. The maximum absolute atomic E-state index is 12.8. The highest BCUT2D eigenvalue weighted by Crippen LogP contribution is 2.48. The van der Waals surface area contributed by atoms with Gasteiger partial charge in [0.1, 0.15) is 6.04 Å². The topological polar surface area (TPSA) is 188 Å². The Hall–Kier alpha value is -4.66. The number of benzene rings is 2. The molecule has 0 aliphatic heterocycles. The van der Waals surface area contributed by atoms with Gasteiger partial charge in [-0.3, -0.25) is 10.2 Å². The number of unbranched alkanes of at least 4 members (excludes halogenated alkanes) is 1. The lowest BCUT2D eigenvalue weighted by Gasteiger charge is -2.19. The number of nitrogens with two attached hydrogens (primary N) is 1. The van der Waals surface area contributed by atoms with Crippen LogP contribution in [0.25, 0.3) is 0 Å². The number of carboxylic acids is 1. The molecule has 234 valence electrons. The van der Waals surface area contributed by atoms with Crippen LogP contribution in [0.1, 0.15) is 54.4 Å². The van der Waals surface area contributed by atoms with Crippen LogP contribution in [0.4, 0.5) is 30.8 Å². The number of hydrogen-bond acceptors (Lipinski definition) is 9. The number of nitrogens with one attached hydrogen (secondary N) is 4. The fraction of sp³-hybridized carbons (Fsp3) is 0.357. The molecule has 7 N–H and O–H groups in total. The summed E-state index contributed by atoms with van der Waals surface area (Å²) >= 11 is 6.00. The van der Waals surface area contributed by atoms with E-state index in [1.54, 1.807) is 12.1 Å². The number of halogens is 4. The largest absolute Gasteiger partial charge is 0.480 e. The number of hydrogen-bond donors (Lipinski definition) is 6. The van der Waals surface area contributed by atoms with Crippen molar-refractivity contribution in [2.45, 2.75) is 56.3 Å². The van der Waals surface area contributed by atoms with Gasteiger partial charge in [0, 0.05) is 22.7 Å². The fourth-order valence-corrected chi connectivity index (χ4v) is 4.40. The van der Waals surface area contributed by atoms with E-state index in [-0.39, 0.29) is 29.7 Å². The van der Waals surface area contributed by atoms with Crippen molar-refractivity contribution in [3.63, 3.8) is 0 Å². The number of rotatable bonds is 15. The molecule has 1 fully saturated rings. The normalized spacial score (nSPS) is 14.3. The number of alkyl halides is 3. The second-order valence-electron chi connectivity index (χ2n) is 10.2. The van der Waals surface area contributed by atoms with Gasteiger partial charge >= 0.3 is 18.2 Å². The van der Waals surface area contributed by atoms with Gasteiger partial charge < -0.3 is 31.5 Å². The lowest BCUT2D eigenvalue weighted by molar-refractivity contribution is -0.154. The standard InChI is InChI=1S/C28H30ClF3N8O4/c29-18-9-7-17(8-10-18)27(13-14-27)40-25-37-24(38-26(39-25)44-15-28(30,31)32)35-19-11-5-16(6-12-19)22(41)36-20(23(42)43)3-1-2-4-21(33)34/h5-12,20H,1-4,13-15H2,(H3,33,34)(H,36,41)(H,42,43)(H2,35,37,38,39,40)/t20-/m1/s1. The summed E-state index contributed by atoms with van der Waals surface area (Å²) in [4.78, 5) is 36.6. The first-order chi connectivity index (χ1) is 20.8. The lowest BCUT2D eigenvalue weighted by Crippen LogP contribution is -2.40. The van der Waals surface area contributed by atoms with Crippen molar-refractivity contribution in [3.8, 4) is 6.01 Å². The van der Waals surface area contributed by atoms with Crippen LogP contribution >= 0.6 is 11.6 Å². The van der Waals surface area contributed by atoms with Gasteiger partial charge in [0.2, 0.25) is 11.9 Å². The third-order valence-corrected chi connectivity index (χ3v) is 6.93. The van der Waals surface area contributed by atoms with E-state index in [0.717, 1.165) is 18.4 Å².